The fourth-order valence-electron chi connectivity index (χ4n) is 3.27. The maximum atomic E-state index is 13.3. The fraction of sp³-hybridized carbons (Fsp3) is 0.120. The number of benzene rings is 3. The molecule has 4 rings (SSSR count). The van der Waals surface area contributed by atoms with E-state index in [1.165, 1.54) is 29.0 Å². The fourth-order valence-corrected chi connectivity index (χ4v) is 4.08. The first-order chi connectivity index (χ1) is 17.0. The summed E-state index contributed by atoms with van der Waals surface area (Å²) in [6, 6.07) is 18.1. The Bertz CT molecular complexity index is 1450. The first-order valence-electron chi connectivity index (χ1n) is 10.7. The molecule has 1 aromatic heterocycles. The standard InChI is InChI=1S/C25H22N4O5S/c1-2-34-19-11-8-17(9-12-19)29-24(33)20-5-3-4-6-21(20)27-25(29)35-15-23(32)28-26-14-16-7-10-18(30)13-22(16)31/h3-14,30-31H,2,15H2,1H3,(H,28,32)/b26-14+. The van der Waals surface area contributed by atoms with E-state index in [1.54, 1.807) is 48.5 Å². The first kappa shape index (κ1) is 23.8. The van der Waals surface area contributed by atoms with E-state index < -0.39 is 5.91 Å². The predicted octanol–water partition coefficient (Wildman–Crippen LogP) is 3.44. The lowest BCUT2D eigenvalue weighted by molar-refractivity contribution is -0.118. The van der Waals surface area contributed by atoms with E-state index in [2.05, 4.69) is 15.5 Å². The number of hydrogen-bond acceptors (Lipinski definition) is 8. The number of hydrogen-bond donors (Lipinski definition) is 3. The summed E-state index contributed by atoms with van der Waals surface area (Å²) in [7, 11) is 0. The Hall–Kier alpha value is -4.31. The highest BCUT2D eigenvalue weighted by Gasteiger charge is 2.15. The molecule has 1 amide bonds. The molecule has 10 heteroatoms. The SMILES string of the molecule is CCOc1ccc(-n2c(SCC(=O)N/N=C/c3ccc(O)cc3O)nc3ccccc3c2=O)cc1. The maximum Gasteiger partial charge on any atom is 0.266 e. The molecular formula is C25H22N4O5S. The number of thioether (sulfide) groups is 1. The highest BCUT2D eigenvalue weighted by Crippen LogP contribution is 2.23. The van der Waals surface area contributed by atoms with Gasteiger partial charge >= 0.3 is 0 Å². The van der Waals surface area contributed by atoms with Crippen LogP contribution >= 0.6 is 11.8 Å². The van der Waals surface area contributed by atoms with Crippen molar-refractivity contribution in [2.75, 3.05) is 12.4 Å². The number of carbonyl (C=O) groups excluding carboxylic acids is 1. The molecule has 3 N–H and O–H groups in total. The highest BCUT2D eigenvalue weighted by molar-refractivity contribution is 7.99. The molecule has 178 valence electrons. The summed E-state index contributed by atoms with van der Waals surface area (Å²) in [5.74, 6) is -0.0475. The van der Waals surface area contributed by atoms with Crippen LogP contribution in [0.5, 0.6) is 17.2 Å². The topological polar surface area (TPSA) is 126 Å². The number of amides is 1. The van der Waals surface area contributed by atoms with Gasteiger partial charge in [-0.05, 0) is 55.5 Å². The number of fused-ring (bicyclic) bond motifs is 1. The third kappa shape index (κ3) is 5.61. The smallest absolute Gasteiger partial charge is 0.266 e. The van der Waals surface area contributed by atoms with Crippen molar-refractivity contribution in [1.29, 1.82) is 0 Å². The largest absolute Gasteiger partial charge is 0.508 e. The van der Waals surface area contributed by atoms with Gasteiger partial charge in [0.05, 0.1) is 35.2 Å². The maximum absolute atomic E-state index is 13.3. The number of nitrogens with zero attached hydrogens (tertiary/aromatic N) is 3. The Morgan fingerprint density at radius 1 is 1.14 bits per heavy atom. The number of aromatic hydroxyl groups is 2. The van der Waals surface area contributed by atoms with Crippen LogP contribution in [-0.4, -0.2) is 44.2 Å². The molecule has 4 aromatic rings. The molecule has 0 unspecified atom stereocenters. The first-order valence-corrected chi connectivity index (χ1v) is 11.7. The van der Waals surface area contributed by atoms with E-state index >= 15 is 0 Å². The summed E-state index contributed by atoms with van der Waals surface area (Å²) in [6.45, 7) is 2.42. The lowest BCUT2D eigenvalue weighted by Crippen LogP contribution is -2.24. The van der Waals surface area contributed by atoms with Gasteiger partial charge in [0.25, 0.3) is 11.5 Å². The lowest BCUT2D eigenvalue weighted by Gasteiger charge is -2.13. The molecule has 0 saturated carbocycles. The summed E-state index contributed by atoms with van der Waals surface area (Å²) >= 11 is 1.10. The molecule has 35 heavy (non-hydrogen) atoms. The van der Waals surface area contributed by atoms with Gasteiger partial charge < -0.3 is 14.9 Å². The lowest BCUT2D eigenvalue weighted by atomic mass is 10.2. The summed E-state index contributed by atoms with van der Waals surface area (Å²) in [5.41, 5.74) is 3.59. The second-order valence-corrected chi connectivity index (χ2v) is 8.25. The van der Waals surface area contributed by atoms with E-state index in [0.29, 0.717) is 39.7 Å². The zero-order valence-corrected chi connectivity index (χ0v) is 19.5. The van der Waals surface area contributed by atoms with Gasteiger partial charge in [0.1, 0.15) is 17.2 Å². The van der Waals surface area contributed by atoms with Crippen LogP contribution in [0.2, 0.25) is 0 Å². The Balaban J connectivity index is 1.56. The van der Waals surface area contributed by atoms with Gasteiger partial charge in [-0.15, -0.1) is 0 Å². The molecule has 0 bridgehead atoms. The average molecular weight is 491 g/mol. The quantitative estimate of drug-likeness (QED) is 0.149. The Kier molecular flexibility index (Phi) is 7.32. The molecule has 0 fully saturated rings. The van der Waals surface area contributed by atoms with Crippen LogP contribution in [0, 0.1) is 0 Å². The number of carbonyl (C=O) groups is 1. The van der Waals surface area contributed by atoms with Gasteiger partial charge in [-0.1, -0.05) is 23.9 Å². The minimum atomic E-state index is -0.426. The molecule has 0 aliphatic heterocycles. The molecule has 0 aliphatic rings. The zero-order valence-electron chi connectivity index (χ0n) is 18.7. The van der Waals surface area contributed by atoms with Gasteiger partial charge in [-0.25, -0.2) is 10.4 Å². The summed E-state index contributed by atoms with van der Waals surface area (Å²) in [4.78, 5) is 30.3. The number of para-hydroxylation sites is 1. The minimum Gasteiger partial charge on any atom is -0.508 e. The van der Waals surface area contributed by atoms with Crippen molar-refractivity contribution >= 4 is 34.8 Å². The molecule has 1 heterocycles. The zero-order chi connectivity index (χ0) is 24.8. The number of rotatable bonds is 8. The third-order valence-corrected chi connectivity index (χ3v) is 5.83. The molecule has 3 aromatic carbocycles. The van der Waals surface area contributed by atoms with Crippen LogP contribution in [-0.2, 0) is 4.79 Å². The van der Waals surface area contributed by atoms with Gasteiger partial charge in [0.2, 0.25) is 0 Å². The molecule has 0 aliphatic carbocycles. The van der Waals surface area contributed by atoms with Gasteiger partial charge in [-0.3, -0.25) is 14.2 Å². The van der Waals surface area contributed by atoms with Crippen LogP contribution in [0.25, 0.3) is 16.6 Å². The van der Waals surface area contributed by atoms with Crippen molar-refractivity contribution in [1.82, 2.24) is 15.0 Å². The van der Waals surface area contributed by atoms with Gasteiger partial charge in [-0.2, -0.15) is 5.10 Å². The van der Waals surface area contributed by atoms with Gasteiger partial charge in [0, 0.05) is 11.6 Å². The Labute approximate surface area is 204 Å². The Morgan fingerprint density at radius 2 is 1.91 bits per heavy atom. The van der Waals surface area contributed by atoms with Crippen LogP contribution in [0.4, 0.5) is 0 Å². The van der Waals surface area contributed by atoms with Crippen molar-refractivity contribution in [2.24, 2.45) is 5.10 Å². The molecule has 0 atom stereocenters. The normalized spacial score (nSPS) is 11.1. The second kappa shape index (κ2) is 10.7. The molecule has 0 spiro atoms. The number of ether oxygens (including phenoxy) is 1. The van der Waals surface area contributed by atoms with Crippen LogP contribution in [0.1, 0.15) is 12.5 Å². The molecular weight excluding hydrogens is 468 g/mol. The van der Waals surface area contributed by atoms with E-state index in [4.69, 9.17) is 4.74 Å². The average Bonchev–Trinajstić information content (AvgIpc) is 2.85. The van der Waals surface area contributed by atoms with Crippen molar-refractivity contribution in [3.8, 4) is 22.9 Å². The summed E-state index contributed by atoms with van der Waals surface area (Å²) < 4.78 is 6.95. The summed E-state index contributed by atoms with van der Waals surface area (Å²) in [5, 5.41) is 23.8. The number of aromatic nitrogens is 2. The third-order valence-electron chi connectivity index (χ3n) is 4.89. The van der Waals surface area contributed by atoms with E-state index in [9.17, 15) is 19.8 Å². The number of phenolic OH excluding ortho intramolecular Hbond substituents is 2. The van der Waals surface area contributed by atoms with Crippen LogP contribution in [0.15, 0.2) is 81.8 Å². The van der Waals surface area contributed by atoms with Crippen molar-refractivity contribution in [2.45, 2.75) is 12.1 Å². The predicted molar refractivity (Wildman–Crippen MR) is 135 cm³/mol. The molecule has 0 radical (unpaired) electrons. The minimum absolute atomic E-state index is 0.0549. The van der Waals surface area contributed by atoms with E-state index in [1.807, 2.05) is 6.92 Å². The van der Waals surface area contributed by atoms with Gasteiger partial charge in [0.15, 0.2) is 5.16 Å². The summed E-state index contributed by atoms with van der Waals surface area (Å²) in [6.07, 6.45) is 1.27. The number of phenols is 2. The van der Waals surface area contributed by atoms with E-state index in [-0.39, 0.29) is 22.8 Å². The van der Waals surface area contributed by atoms with Crippen molar-refractivity contribution in [3.63, 3.8) is 0 Å². The molecule has 9 nitrogen and oxygen atoms in total. The number of nitrogens with one attached hydrogen (secondary N) is 1. The monoisotopic (exact) mass is 490 g/mol. The van der Waals surface area contributed by atoms with Crippen molar-refractivity contribution < 1.29 is 19.7 Å². The van der Waals surface area contributed by atoms with Crippen LogP contribution in [0.3, 0.4) is 0 Å². The van der Waals surface area contributed by atoms with Crippen molar-refractivity contribution in [3.05, 3.63) is 82.6 Å². The number of hydrazone groups is 1. The molecule has 0 saturated heterocycles. The second-order valence-electron chi connectivity index (χ2n) is 7.30. The van der Waals surface area contributed by atoms with Crippen LogP contribution < -0.4 is 15.7 Å². The van der Waals surface area contributed by atoms with E-state index in [0.717, 1.165) is 11.8 Å². The Morgan fingerprint density at radius 3 is 2.66 bits per heavy atom. The highest BCUT2D eigenvalue weighted by atomic mass is 32.2.